The van der Waals surface area contributed by atoms with Gasteiger partial charge in [-0.15, -0.1) is 0 Å². The Hall–Kier alpha value is -3.45. The van der Waals surface area contributed by atoms with E-state index in [1.807, 2.05) is 0 Å². The standard InChI is InChI=1S/C23H19F3O4/c1-15(27)10-16-11-19(14-20(12-16)30-28-2)29-18-7-5-6-17(13-18)21-8-3-4-9-22(21)23(24,25)26/h3-9,11-14,27H,1,10H2,2H3. The van der Waals surface area contributed by atoms with Crippen LogP contribution < -0.4 is 9.62 Å². The third-order valence-corrected chi connectivity index (χ3v) is 4.14. The molecule has 1 N–H and O–H groups in total. The first-order valence-corrected chi connectivity index (χ1v) is 8.92. The van der Waals surface area contributed by atoms with E-state index >= 15 is 0 Å². The van der Waals surface area contributed by atoms with Crippen LogP contribution >= 0.6 is 0 Å². The van der Waals surface area contributed by atoms with Crippen molar-refractivity contribution in [2.45, 2.75) is 12.6 Å². The van der Waals surface area contributed by atoms with Gasteiger partial charge in [-0.2, -0.15) is 18.1 Å². The predicted octanol–water partition coefficient (Wildman–Crippen LogP) is 6.72. The third kappa shape index (κ3) is 5.33. The van der Waals surface area contributed by atoms with E-state index in [4.69, 9.17) is 9.62 Å². The van der Waals surface area contributed by atoms with Gasteiger partial charge in [0.05, 0.1) is 18.4 Å². The largest absolute Gasteiger partial charge is 0.513 e. The summed E-state index contributed by atoms with van der Waals surface area (Å²) < 4.78 is 45.9. The average Bonchev–Trinajstić information content (AvgIpc) is 2.67. The number of aliphatic hydroxyl groups excluding tert-OH is 1. The highest BCUT2D eigenvalue weighted by Crippen LogP contribution is 2.38. The third-order valence-electron chi connectivity index (χ3n) is 4.14. The van der Waals surface area contributed by atoms with Crippen LogP contribution in [0.25, 0.3) is 11.1 Å². The van der Waals surface area contributed by atoms with Gasteiger partial charge >= 0.3 is 6.18 Å². The van der Waals surface area contributed by atoms with Crippen LogP contribution in [0.1, 0.15) is 11.1 Å². The van der Waals surface area contributed by atoms with Crippen LogP contribution in [0.5, 0.6) is 17.2 Å². The Kier molecular flexibility index (Phi) is 6.32. The van der Waals surface area contributed by atoms with Crippen molar-refractivity contribution in [3.8, 4) is 28.4 Å². The fourth-order valence-electron chi connectivity index (χ4n) is 3.02. The van der Waals surface area contributed by atoms with Crippen LogP contribution in [0.2, 0.25) is 0 Å². The van der Waals surface area contributed by atoms with Crippen molar-refractivity contribution >= 4 is 0 Å². The lowest BCUT2D eigenvalue weighted by Gasteiger charge is -2.14. The summed E-state index contributed by atoms with van der Waals surface area (Å²) in [5.74, 6) is 1.00. The highest BCUT2D eigenvalue weighted by Gasteiger charge is 2.33. The number of benzene rings is 3. The first kappa shape index (κ1) is 21.3. The molecule has 4 nitrogen and oxygen atoms in total. The molecule has 0 amide bonds. The number of aliphatic hydroxyl groups is 1. The maximum absolute atomic E-state index is 13.4. The molecular weight excluding hydrogens is 397 g/mol. The van der Waals surface area contributed by atoms with Crippen molar-refractivity contribution in [2.24, 2.45) is 0 Å². The van der Waals surface area contributed by atoms with Gasteiger partial charge in [-0.05, 0) is 47.0 Å². The highest BCUT2D eigenvalue weighted by molar-refractivity contribution is 5.69. The van der Waals surface area contributed by atoms with Gasteiger partial charge in [0.2, 0.25) is 0 Å². The zero-order chi connectivity index (χ0) is 21.7. The second kappa shape index (κ2) is 8.92. The molecule has 0 aliphatic heterocycles. The number of alkyl halides is 3. The molecule has 0 atom stereocenters. The minimum Gasteiger partial charge on any atom is -0.513 e. The Labute approximate surface area is 171 Å². The number of hydrogen-bond acceptors (Lipinski definition) is 4. The second-order valence-electron chi connectivity index (χ2n) is 6.48. The van der Waals surface area contributed by atoms with Gasteiger partial charge in [0.1, 0.15) is 11.5 Å². The van der Waals surface area contributed by atoms with E-state index in [2.05, 4.69) is 11.5 Å². The van der Waals surface area contributed by atoms with E-state index in [1.165, 1.54) is 25.3 Å². The molecule has 0 spiro atoms. The Balaban J connectivity index is 1.95. The summed E-state index contributed by atoms with van der Waals surface area (Å²) in [4.78, 5) is 9.70. The Morgan fingerprint density at radius 2 is 1.67 bits per heavy atom. The molecule has 3 rings (SSSR count). The van der Waals surface area contributed by atoms with E-state index in [0.717, 1.165) is 6.07 Å². The van der Waals surface area contributed by atoms with Gasteiger partial charge in [-0.25, -0.2) is 0 Å². The van der Waals surface area contributed by atoms with E-state index < -0.39 is 11.7 Å². The summed E-state index contributed by atoms with van der Waals surface area (Å²) in [5.41, 5.74) is 0.366. The van der Waals surface area contributed by atoms with Crippen LogP contribution in [0.4, 0.5) is 13.2 Å². The van der Waals surface area contributed by atoms with Crippen molar-refractivity contribution in [1.29, 1.82) is 0 Å². The zero-order valence-corrected chi connectivity index (χ0v) is 16.1. The number of hydrogen-bond donors (Lipinski definition) is 1. The lowest BCUT2D eigenvalue weighted by molar-refractivity contribution is -0.178. The van der Waals surface area contributed by atoms with Crippen LogP contribution in [0, 0.1) is 0 Å². The second-order valence-corrected chi connectivity index (χ2v) is 6.48. The van der Waals surface area contributed by atoms with Crippen LogP contribution in [0.15, 0.2) is 79.1 Å². The van der Waals surface area contributed by atoms with E-state index in [9.17, 15) is 18.3 Å². The molecule has 0 aliphatic rings. The van der Waals surface area contributed by atoms with Crippen LogP contribution in [0.3, 0.4) is 0 Å². The molecule has 0 aliphatic carbocycles. The molecule has 7 heteroatoms. The number of halogens is 3. The summed E-state index contributed by atoms with van der Waals surface area (Å²) in [6.07, 6.45) is -4.29. The lowest BCUT2D eigenvalue weighted by atomic mass is 9.99. The number of allylic oxidation sites excluding steroid dienone is 1. The summed E-state index contributed by atoms with van der Waals surface area (Å²) in [6, 6.07) is 16.6. The molecule has 0 radical (unpaired) electrons. The molecule has 3 aromatic carbocycles. The van der Waals surface area contributed by atoms with Gasteiger partial charge in [0.15, 0.2) is 5.75 Å². The van der Waals surface area contributed by atoms with Crippen LogP contribution in [-0.4, -0.2) is 12.2 Å². The smallest absolute Gasteiger partial charge is 0.417 e. The quantitative estimate of drug-likeness (QED) is 0.264. The number of rotatable bonds is 7. The molecule has 0 heterocycles. The Morgan fingerprint density at radius 1 is 0.933 bits per heavy atom. The first-order chi connectivity index (χ1) is 14.3. The van der Waals surface area contributed by atoms with E-state index in [1.54, 1.807) is 42.5 Å². The first-order valence-electron chi connectivity index (χ1n) is 8.92. The molecule has 0 fully saturated rings. The summed E-state index contributed by atoms with van der Waals surface area (Å²) in [7, 11) is 1.35. The summed E-state index contributed by atoms with van der Waals surface area (Å²) in [5, 5.41) is 9.46. The predicted molar refractivity (Wildman–Crippen MR) is 107 cm³/mol. The molecule has 0 bridgehead atoms. The van der Waals surface area contributed by atoms with Crippen molar-refractivity contribution in [3.63, 3.8) is 0 Å². The van der Waals surface area contributed by atoms with Gasteiger partial charge in [0.25, 0.3) is 0 Å². The fourth-order valence-corrected chi connectivity index (χ4v) is 3.02. The van der Waals surface area contributed by atoms with Crippen molar-refractivity contribution < 1.29 is 32.8 Å². The van der Waals surface area contributed by atoms with Gasteiger partial charge < -0.3 is 14.7 Å². The molecule has 30 heavy (non-hydrogen) atoms. The summed E-state index contributed by atoms with van der Waals surface area (Å²) >= 11 is 0. The van der Waals surface area contributed by atoms with Gasteiger partial charge in [0, 0.05) is 12.5 Å². The molecule has 0 unspecified atom stereocenters. The van der Waals surface area contributed by atoms with E-state index in [0.29, 0.717) is 28.4 Å². The maximum atomic E-state index is 13.4. The Morgan fingerprint density at radius 3 is 2.37 bits per heavy atom. The molecule has 156 valence electrons. The van der Waals surface area contributed by atoms with E-state index in [-0.39, 0.29) is 17.7 Å². The SMILES string of the molecule is C=C(O)Cc1cc(OOC)cc(Oc2cccc(-c3ccccc3C(F)(F)F)c2)c1. The fraction of sp³-hybridized carbons (Fsp3) is 0.130. The van der Waals surface area contributed by atoms with Gasteiger partial charge in [-0.1, -0.05) is 36.9 Å². The molecule has 0 saturated carbocycles. The zero-order valence-electron chi connectivity index (χ0n) is 16.1. The lowest BCUT2D eigenvalue weighted by Crippen LogP contribution is -2.06. The summed E-state index contributed by atoms with van der Waals surface area (Å²) in [6.45, 7) is 3.46. The maximum Gasteiger partial charge on any atom is 0.417 e. The van der Waals surface area contributed by atoms with Crippen molar-refractivity contribution in [3.05, 3.63) is 90.2 Å². The monoisotopic (exact) mass is 416 g/mol. The molecular formula is C23H19F3O4. The molecule has 3 aromatic rings. The topological polar surface area (TPSA) is 47.9 Å². The molecule has 0 aromatic heterocycles. The Bertz CT molecular complexity index is 1040. The van der Waals surface area contributed by atoms with Crippen LogP contribution in [-0.2, 0) is 17.5 Å². The minimum atomic E-state index is -4.47. The normalized spacial score (nSPS) is 11.2. The van der Waals surface area contributed by atoms with Crippen molar-refractivity contribution in [2.75, 3.05) is 7.11 Å². The van der Waals surface area contributed by atoms with Crippen molar-refractivity contribution in [1.82, 2.24) is 0 Å². The molecule has 0 saturated heterocycles. The highest BCUT2D eigenvalue weighted by atomic mass is 19.4. The minimum absolute atomic E-state index is 0.0405. The number of ether oxygens (including phenoxy) is 1. The average molecular weight is 416 g/mol. The van der Waals surface area contributed by atoms with Gasteiger partial charge in [-0.3, -0.25) is 0 Å².